The number of aliphatic hydroxyl groups is 1. The van der Waals surface area contributed by atoms with Crippen LogP contribution in [-0.2, 0) is 11.3 Å². The van der Waals surface area contributed by atoms with Gasteiger partial charge in [0.25, 0.3) is 11.8 Å². The standard InChI is InChI=1S/C22H21FN4O5S/c1-31-17-6-5-13(9-18(17)32-8-7-28)22(30)25-12-20(29)27-26-11-15-14-3-2-4-16(23)21(14)33-19(15)10-24/h2-6,9,26,28H,7-8,11-12H2,1H3,(H,25,30)(H,27,29). The Morgan fingerprint density at radius 3 is 2.79 bits per heavy atom. The highest BCUT2D eigenvalue weighted by atomic mass is 32.1. The van der Waals surface area contributed by atoms with Crippen molar-refractivity contribution in [2.45, 2.75) is 6.54 Å². The summed E-state index contributed by atoms with van der Waals surface area (Å²) in [6.45, 7) is -0.362. The van der Waals surface area contributed by atoms with Crippen LogP contribution in [0, 0.1) is 17.1 Å². The molecule has 0 bridgehead atoms. The number of nitriles is 1. The summed E-state index contributed by atoms with van der Waals surface area (Å²) in [4.78, 5) is 24.8. The largest absolute Gasteiger partial charge is 0.493 e. The molecule has 2 amide bonds. The molecule has 0 aliphatic carbocycles. The summed E-state index contributed by atoms with van der Waals surface area (Å²) in [6, 6.07) is 11.1. The quantitative estimate of drug-likeness (QED) is 0.331. The van der Waals surface area contributed by atoms with Gasteiger partial charge in [0.05, 0.1) is 25.0 Å². The van der Waals surface area contributed by atoms with E-state index in [2.05, 4.69) is 16.2 Å². The van der Waals surface area contributed by atoms with Gasteiger partial charge >= 0.3 is 0 Å². The van der Waals surface area contributed by atoms with Gasteiger partial charge in [0.2, 0.25) is 0 Å². The molecule has 2 aromatic carbocycles. The smallest absolute Gasteiger partial charge is 0.253 e. The van der Waals surface area contributed by atoms with E-state index in [1.807, 2.05) is 6.07 Å². The van der Waals surface area contributed by atoms with E-state index < -0.39 is 17.6 Å². The van der Waals surface area contributed by atoms with Gasteiger partial charge in [-0.2, -0.15) is 5.26 Å². The van der Waals surface area contributed by atoms with E-state index >= 15 is 0 Å². The second-order valence-electron chi connectivity index (χ2n) is 6.66. The van der Waals surface area contributed by atoms with Crippen LogP contribution in [0.5, 0.6) is 11.5 Å². The van der Waals surface area contributed by atoms with E-state index in [9.17, 15) is 19.2 Å². The number of fused-ring (bicyclic) bond motifs is 1. The minimum atomic E-state index is -0.516. The molecule has 0 aliphatic rings. The maximum atomic E-state index is 14.0. The first kappa shape index (κ1) is 23.9. The van der Waals surface area contributed by atoms with Crippen molar-refractivity contribution >= 4 is 33.2 Å². The molecule has 4 N–H and O–H groups in total. The zero-order valence-corrected chi connectivity index (χ0v) is 18.4. The minimum absolute atomic E-state index is 0.0368. The van der Waals surface area contributed by atoms with E-state index in [4.69, 9.17) is 14.6 Å². The van der Waals surface area contributed by atoms with E-state index in [1.54, 1.807) is 18.2 Å². The van der Waals surface area contributed by atoms with Crippen LogP contribution < -0.4 is 25.6 Å². The van der Waals surface area contributed by atoms with Gasteiger partial charge in [0.1, 0.15) is 23.4 Å². The van der Waals surface area contributed by atoms with Crippen LogP contribution in [0.2, 0.25) is 0 Å². The number of aliphatic hydroxyl groups excluding tert-OH is 1. The molecule has 3 aromatic rings. The number of thiophene rings is 1. The van der Waals surface area contributed by atoms with Crippen LogP contribution in [-0.4, -0.2) is 43.8 Å². The van der Waals surface area contributed by atoms with Crippen LogP contribution in [0.25, 0.3) is 10.1 Å². The number of rotatable bonds is 10. The zero-order chi connectivity index (χ0) is 23.8. The van der Waals surface area contributed by atoms with Gasteiger partial charge < -0.3 is 19.9 Å². The second kappa shape index (κ2) is 11.2. The number of amides is 2. The maximum Gasteiger partial charge on any atom is 0.253 e. The fourth-order valence-corrected chi connectivity index (χ4v) is 4.05. The normalized spacial score (nSPS) is 10.5. The molecule has 33 heavy (non-hydrogen) atoms. The van der Waals surface area contributed by atoms with Crippen molar-refractivity contribution in [2.75, 3.05) is 26.9 Å². The summed E-state index contributed by atoms with van der Waals surface area (Å²) in [6.07, 6.45) is 0. The third-order valence-corrected chi connectivity index (χ3v) is 5.71. The first-order valence-electron chi connectivity index (χ1n) is 9.80. The number of hydrogen-bond donors (Lipinski definition) is 4. The lowest BCUT2D eigenvalue weighted by Crippen LogP contribution is -2.43. The van der Waals surface area contributed by atoms with Crippen molar-refractivity contribution in [1.82, 2.24) is 16.2 Å². The van der Waals surface area contributed by atoms with E-state index in [0.29, 0.717) is 26.3 Å². The summed E-state index contributed by atoms with van der Waals surface area (Å²) in [5.74, 6) is -0.737. The number of benzene rings is 2. The van der Waals surface area contributed by atoms with Crippen molar-refractivity contribution in [3.8, 4) is 17.6 Å². The molecule has 3 rings (SSSR count). The number of ether oxygens (including phenoxy) is 2. The van der Waals surface area contributed by atoms with Gasteiger partial charge in [-0.1, -0.05) is 12.1 Å². The average Bonchev–Trinajstić information content (AvgIpc) is 3.20. The van der Waals surface area contributed by atoms with Crippen LogP contribution in [0.1, 0.15) is 20.8 Å². The minimum Gasteiger partial charge on any atom is -0.493 e. The number of methoxy groups -OCH3 is 1. The van der Waals surface area contributed by atoms with Crippen LogP contribution in [0.4, 0.5) is 4.39 Å². The predicted octanol–water partition coefficient (Wildman–Crippen LogP) is 1.84. The molecule has 9 nitrogen and oxygen atoms in total. The van der Waals surface area contributed by atoms with Crippen molar-refractivity contribution in [1.29, 1.82) is 5.26 Å². The molecule has 0 fully saturated rings. The Hall–Kier alpha value is -3.72. The topological polar surface area (TPSA) is 133 Å². The SMILES string of the molecule is COc1ccc(C(=O)NCC(=O)NNCc2c(C#N)sc3c(F)cccc23)cc1OCCO. The van der Waals surface area contributed by atoms with Gasteiger partial charge in [-0.05, 0) is 24.3 Å². The lowest BCUT2D eigenvalue weighted by atomic mass is 10.1. The van der Waals surface area contributed by atoms with Crippen molar-refractivity contribution < 1.29 is 28.6 Å². The van der Waals surface area contributed by atoms with Crippen LogP contribution >= 0.6 is 11.3 Å². The first-order chi connectivity index (χ1) is 16.0. The lowest BCUT2D eigenvalue weighted by molar-refractivity contribution is -0.121. The molecule has 0 atom stereocenters. The number of carbonyl (C=O) groups excluding carboxylic acids is 2. The van der Waals surface area contributed by atoms with Crippen molar-refractivity contribution in [3.05, 3.63) is 58.2 Å². The van der Waals surface area contributed by atoms with Gasteiger partial charge in [-0.25, -0.2) is 9.82 Å². The highest BCUT2D eigenvalue weighted by Crippen LogP contribution is 2.32. The van der Waals surface area contributed by atoms with Gasteiger partial charge in [0.15, 0.2) is 11.5 Å². The molecule has 1 heterocycles. The van der Waals surface area contributed by atoms with E-state index in [0.717, 1.165) is 11.3 Å². The summed E-state index contributed by atoms with van der Waals surface area (Å²) in [7, 11) is 1.45. The molecule has 0 spiro atoms. The monoisotopic (exact) mass is 472 g/mol. The highest BCUT2D eigenvalue weighted by molar-refractivity contribution is 7.19. The second-order valence-corrected chi connectivity index (χ2v) is 7.68. The maximum absolute atomic E-state index is 14.0. The lowest BCUT2D eigenvalue weighted by Gasteiger charge is -2.12. The average molecular weight is 472 g/mol. The number of nitrogens with one attached hydrogen (secondary N) is 3. The number of halogens is 1. The van der Waals surface area contributed by atoms with Gasteiger partial charge in [0, 0.05) is 23.1 Å². The molecule has 1 aromatic heterocycles. The Morgan fingerprint density at radius 2 is 2.06 bits per heavy atom. The Morgan fingerprint density at radius 1 is 1.24 bits per heavy atom. The van der Waals surface area contributed by atoms with Gasteiger partial charge in [-0.3, -0.25) is 15.0 Å². The third-order valence-electron chi connectivity index (χ3n) is 4.55. The molecule has 172 valence electrons. The van der Waals surface area contributed by atoms with Crippen LogP contribution in [0.3, 0.4) is 0 Å². The Bertz CT molecular complexity index is 1210. The zero-order valence-electron chi connectivity index (χ0n) is 17.6. The molecule has 0 saturated carbocycles. The summed E-state index contributed by atoms with van der Waals surface area (Å²) < 4.78 is 24.8. The molecule has 0 unspecified atom stereocenters. The molecular formula is C22H21FN4O5S. The van der Waals surface area contributed by atoms with Crippen molar-refractivity contribution in [3.63, 3.8) is 0 Å². The number of hydrogen-bond acceptors (Lipinski definition) is 8. The number of nitrogens with zero attached hydrogens (tertiary/aromatic N) is 1. The Balaban J connectivity index is 1.54. The first-order valence-corrected chi connectivity index (χ1v) is 10.6. The van der Waals surface area contributed by atoms with Crippen LogP contribution in [0.15, 0.2) is 36.4 Å². The number of carbonyl (C=O) groups is 2. The van der Waals surface area contributed by atoms with Gasteiger partial charge in [-0.15, -0.1) is 11.3 Å². The Labute approximate surface area is 192 Å². The fourth-order valence-electron chi connectivity index (χ4n) is 3.03. The molecule has 11 heteroatoms. The molecule has 0 aliphatic heterocycles. The third kappa shape index (κ3) is 5.75. The van der Waals surface area contributed by atoms with Crippen molar-refractivity contribution in [2.24, 2.45) is 0 Å². The Kier molecular flexibility index (Phi) is 8.15. The summed E-state index contributed by atoms with van der Waals surface area (Å²) in [5.41, 5.74) is 5.97. The predicted molar refractivity (Wildman–Crippen MR) is 119 cm³/mol. The highest BCUT2D eigenvalue weighted by Gasteiger charge is 2.15. The van der Waals surface area contributed by atoms with E-state index in [-0.39, 0.29) is 37.6 Å². The van der Waals surface area contributed by atoms with E-state index in [1.165, 1.54) is 25.3 Å². The molecular weight excluding hydrogens is 451 g/mol. The molecule has 0 saturated heterocycles. The summed E-state index contributed by atoms with van der Waals surface area (Å²) in [5, 5.41) is 21.3. The molecule has 0 radical (unpaired) electrons. The fraction of sp³-hybridized carbons (Fsp3) is 0.227. The summed E-state index contributed by atoms with van der Waals surface area (Å²) >= 11 is 1.05. The number of hydrazine groups is 1.